The SMILES string of the molecule is CCC(Oc1ccc(C)cc1[C@@H](C)N)C(=O)O. The van der Waals surface area contributed by atoms with Crippen LogP contribution in [-0.2, 0) is 4.79 Å². The molecule has 0 aliphatic carbocycles. The molecule has 0 amide bonds. The fourth-order valence-corrected chi connectivity index (χ4v) is 1.59. The van der Waals surface area contributed by atoms with E-state index in [1.54, 1.807) is 13.0 Å². The molecule has 1 aromatic rings. The number of benzene rings is 1. The van der Waals surface area contributed by atoms with Gasteiger partial charge in [0.05, 0.1) is 0 Å². The summed E-state index contributed by atoms with van der Waals surface area (Å²) in [7, 11) is 0. The topological polar surface area (TPSA) is 72.5 Å². The normalized spacial score (nSPS) is 14.1. The van der Waals surface area contributed by atoms with Gasteiger partial charge in [-0.15, -0.1) is 0 Å². The number of hydrogen-bond donors (Lipinski definition) is 2. The molecular formula is C13H19NO3. The van der Waals surface area contributed by atoms with Crippen molar-refractivity contribution in [2.24, 2.45) is 5.73 Å². The summed E-state index contributed by atoms with van der Waals surface area (Å²) in [6.45, 7) is 5.59. The molecule has 1 rings (SSSR count). The highest BCUT2D eigenvalue weighted by atomic mass is 16.5. The number of rotatable bonds is 5. The van der Waals surface area contributed by atoms with E-state index in [-0.39, 0.29) is 6.04 Å². The Morgan fingerprint density at radius 1 is 1.53 bits per heavy atom. The van der Waals surface area contributed by atoms with Crippen molar-refractivity contribution in [1.29, 1.82) is 0 Å². The molecule has 1 unspecified atom stereocenters. The van der Waals surface area contributed by atoms with Gasteiger partial charge in [0.1, 0.15) is 5.75 Å². The number of carbonyl (C=O) groups is 1. The van der Waals surface area contributed by atoms with Crippen LogP contribution in [0.2, 0.25) is 0 Å². The molecule has 0 aliphatic rings. The van der Waals surface area contributed by atoms with Crippen molar-refractivity contribution in [1.82, 2.24) is 0 Å². The monoisotopic (exact) mass is 237 g/mol. The third kappa shape index (κ3) is 3.46. The third-order valence-corrected chi connectivity index (χ3v) is 2.57. The van der Waals surface area contributed by atoms with Crippen LogP contribution >= 0.6 is 0 Å². The molecule has 0 heterocycles. The molecule has 4 nitrogen and oxygen atoms in total. The lowest BCUT2D eigenvalue weighted by atomic mass is 10.0. The average molecular weight is 237 g/mol. The van der Waals surface area contributed by atoms with Crippen LogP contribution < -0.4 is 10.5 Å². The van der Waals surface area contributed by atoms with Crippen LogP contribution in [0.4, 0.5) is 0 Å². The molecule has 0 spiro atoms. The van der Waals surface area contributed by atoms with Gasteiger partial charge in [-0.2, -0.15) is 0 Å². The maximum atomic E-state index is 10.9. The van der Waals surface area contributed by atoms with E-state index in [2.05, 4.69) is 0 Å². The van der Waals surface area contributed by atoms with Gasteiger partial charge in [-0.3, -0.25) is 0 Å². The predicted molar refractivity (Wildman–Crippen MR) is 66.1 cm³/mol. The standard InChI is InChI=1S/C13H19NO3/c1-4-11(13(15)16)17-12-6-5-8(2)7-10(12)9(3)14/h5-7,9,11H,4,14H2,1-3H3,(H,15,16)/t9-,11?/m1/s1. The van der Waals surface area contributed by atoms with Gasteiger partial charge in [-0.25, -0.2) is 4.79 Å². The van der Waals surface area contributed by atoms with Crippen molar-refractivity contribution in [3.05, 3.63) is 29.3 Å². The molecule has 0 aromatic heterocycles. The number of nitrogens with two attached hydrogens (primary N) is 1. The van der Waals surface area contributed by atoms with Gasteiger partial charge in [-0.05, 0) is 26.3 Å². The van der Waals surface area contributed by atoms with Gasteiger partial charge in [0.25, 0.3) is 0 Å². The van der Waals surface area contributed by atoms with Crippen LogP contribution in [0.15, 0.2) is 18.2 Å². The van der Waals surface area contributed by atoms with Crippen LogP contribution in [-0.4, -0.2) is 17.2 Å². The number of aryl methyl sites for hydroxylation is 1. The number of carboxylic acids is 1. The lowest BCUT2D eigenvalue weighted by Crippen LogP contribution is -2.26. The Hall–Kier alpha value is -1.55. The van der Waals surface area contributed by atoms with E-state index < -0.39 is 12.1 Å². The third-order valence-electron chi connectivity index (χ3n) is 2.57. The minimum atomic E-state index is -0.955. The zero-order chi connectivity index (χ0) is 13.0. The van der Waals surface area contributed by atoms with E-state index in [0.29, 0.717) is 12.2 Å². The molecule has 0 saturated heterocycles. The number of aliphatic carboxylic acids is 1. The molecule has 2 atom stereocenters. The van der Waals surface area contributed by atoms with E-state index >= 15 is 0 Å². The first-order valence-electron chi connectivity index (χ1n) is 5.71. The molecule has 1 aromatic carbocycles. The van der Waals surface area contributed by atoms with Crippen molar-refractivity contribution in [3.63, 3.8) is 0 Å². The first kappa shape index (κ1) is 13.5. The fourth-order valence-electron chi connectivity index (χ4n) is 1.59. The molecule has 0 aliphatic heterocycles. The summed E-state index contributed by atoms with van der Waals surface area (Å²) in [5.41, 5.74) is 7.76. The first-order chi connectivity index (χ1) is 7.95. The largest absolute Gasteiger partial charge is 0.479 e. The molecule has 17 heavy (non-hydrogen) atoms. The van der Waals surface area contributed by atoms with E-state index in [1.807, 2.05) is 26.0 Å². The number of hydrogen-bond acceptors (Lipinski definition) is 3. The summed E-state index contributed by atoms with van der Waals surface area (Å²) in [4.78, 5) is 10.9. The molecule has 0 radical (unpaired) electrons. The highest BCUT2D eigenvalue weighted by Gasteiger charge is 2.19. The minimum absolute atomic E-state index is 0.184. The summed E-state index contributed by atoms with van der Waals surface area (Å²) in [5.74, 6) is -0.399. The van der Waals surface area contributed by atoms with Crippen LogP contribution in [0.5, 0.6) is 5.75 Å². The van der Waals surface area contributed by atoms with Crippen LogP contribution in [0.25, 0.3) is 0 Å². The van der Waals surface area contributed by atoms with E-state index in [9.17, 15) is 4.79 Å². The zero-order valence-electron chi connectivity index (χ0n) is 10.4. The molecule has 0 fully saturated rings. The predicted octanol–water partition coefficient (Wildman–Crippen LogP) is 2.26. The molecular weight excluding hydrogens is 218 g/mol. The lowest BCUT2D eigenvalue weighted by molar-refractivity contribution is -0.145. The van der Waals surface area contributed by atoms with Gasteiger partial charge in [0.15, 0.2) is 6.10 Å². The summed E-state index contributed by atoms with van der Waals surface area (Å²) in [6, 6.07) is 5.40. The molecule has 3 N–H and O–H groups in total. The average Bonchev–Trinajstić information content (AvgIpc) is 2.26. The van der Waals surface area contributed by atoms with Gasteiger partial charge >= 0.3 is 5.97 Å². The Morgan fingerprint density at radius 2 is 2.18 bits per heavy atom. The Bertz CT molecular complexity index is 402. The van der Waals surface area contributed by atoms with Crippen molar-refractivity contribution in [2.45, 2.75) is 39.3 Å². The maximum Gasteiger partial charge on any atom is 0.344 e. The quantitative estimate of drug-likeness (QED) is 0.823. The Kier molecular flexibility index (Phi) is 4.52. The first-order valence-corrected chi connectivity index (χ1v) is 5.71. The van der Waals surface area contributed by atoms with Gasteiger partial charge in [-0.1, -0.05) is 24.6 Å². The second kappa shape index (κ2) is 5.68. The molecule has 94 valence electrons. The summed E-state index contributed by atoms with van der Waals surface area (Å²) >= 11 is 0. The minimum Gasteiger partial charge on any atom is -0.479 e. The Morgan fingerprint density at radius 3 is 2.65 bits per heavy atom. The summed E-state index contributed by atoms with van der Waals surface area (Å²) < 4.78 is 5.49. The van der Waals surface area contributed by atoms with Crippen molar-refractivity contribution >= 4 is 5.97 Å². The number of carboxylic acid groups (broad SMARTS) is 1. The van der Waals surface area contributed by atoms with E-state index in [0.717, 1.165) is 11.1 Å². The molecule has 0 saturated carbocycles. The van der Waals surface area contributed by atoms with Crippen molar-refractivity contribution < 1.29 is 14.6 Å². The number of ether oxygens (including phenoxy) is 1. The molecule has 4 heteroatoms. The van der Waals surface area contributed by atoms with Crippen LogP contribution in [0.1, 0.15) is 37.4 Å². The van der Waals surface area contributed by atoms with Crippen molar-refractivity contribution in [2.75, 3.05) is 0 Å². The van der Waals surface area contributed by atoms with E-state index in [4.69, 9.17) is 15.6 Å². The Balaban J connectivity index is 3.01. The summed E-state index contributed by atoms with van der Waals surface area (Å²) in [5, 5.41) is 8.96. The van der Waals surface area contributed by atoms with Crippen LogP contribution in [0.3, 0.4) is 0 Å². The highest BCUT2D eigenvalue weighted by Crippen LogP contribution is 2.26. The van der Waals surface area contributed by atoms with Gasteiger partial charge in [0.2, 0.25) is 0 Å². The lowest BCUT2D eigenvalue weighted by Gasteiger charge is -2.18. The van der Waals surface area contributed by atoms with E-state index in [1.165, 1.54) is 0 Å². The smallest absolute Gasteiger partial charge is 0.344 e. The summed E-state index contributed by atoms with van der Waals surface area (Å²) in [6.07, 6.45) is -0.406. The van der Waals surface area contributed by atoms with Crippen LogP contribution in [0, 0.1) is 6.92 Å². The zero-order valence-corrected chi connectivity index (χ0v) is 10.4. The second-order valence-electron chi connectivity index (χ2n) is 4.18. The molecule has 0 bridgehead atoms. The fraction of sp³-hybridized carbons (Fsp3) is 0.462. The highest BCUT2D eigenvalue weighted by molar-refractivity contribution is 5.72. The second-order valence-corrected chi connectivity index (χ2v) is 4.18. The van der Waals surface area contributed by atoms with Gasteiger partial charge < -0.3 is 15.6 Å². The Labute approximate surface area is 101 Å². The van der Waals surface area contributed by atoms with Gasteiger partial charge in [0, 0.05) is 11.6 Å². The maximum absolute atomic E-state index is 10.9. The van der Waals surface area contributed by atoms with Crippen molar-refractivity contribution in [3.8, 4) is 5.75 Å².